The fourth-order valence-corrected chi connectivity index (χ4v) is 2.99. The molecule has 18 heavy (non-hydrogen) atoms. The normalized spacial score (nSPS) is 12.6. The van der Waals surface area contributed by atoms with Gasteiger partial charge in [-0.15, -0.1) is 11.3 Å². The maximum Gasteiger partial charge on any atom is 0.0931 e. The average molecular weight is 280 g/mol. The van der Waals surface area contributed by atoms with Crippen LogP contribution in [0, 0.1) is 0 Å². The summed E-state index contributed by atoms with van der Waals surface area (Å²) in [6, 6.07) is 11.0. The van der Waals surface area contributed by atoms with Gasteiger partial charge in [0.1, 0.15) is 0 Å². The second kappa shape index (κ2) is 6.37. The van der Waals surface area contributed by atoms with E-state index in [-0.39, 0.29) is 0 Å². The molecule has 0 fully saturated rings. The van der Waals surface area contributed by atoms with Crippen LogP contribution in [0.15, 0.2) is 35.7 Å². The topological polar surface area (TPSA) is 12.0 Å². The molecule has 0 saturated carbocycles. The standard InChI is InChI=1S/C15H18ClNS/c1-3-12-6-4-5-7-13(12)9-17-11(2)14-8-15(16)18-10-14/h4-8,10-11,17H,3,9H2,1-2H3. The molecule has 96 valence electrons. The van der Waals surface area contributed by atoms with Crippen LogP contribution in [0.5, 0.6) is 0 Å². The van der Waals surface area contributed by atoms with Crippen LogP contribution in [0.2, 0.25) is 4.34 Å². The maximum absolute atomic E-state index is 5.96. The summed E-state index contributed by atoms with van der Waals surface area (Å²) in [6.07, 6.45) is 1.08. The van der Waals surface area contributed by atoms with Crippen molar-refractivity contribution in [3.63, 3.8) is 0 Å². The van der Waals surface area contributed by atoms with Crippen LogP contribution in [0.25, 0.3) is 0 Å². The van der Waals surface area contributed by atoms with Crippen LogP contribution in [0.4, 0.5) is 0 Å². The fourth-order valence-electron chi connectivity index (χ4n) is 2.01. The van der Waals surface area contributed by atoms with Gasteiger partial charge < -0.3 is 5.32 Å². The highest BCUT2D eigenvalue weighted by molar-refractivity contribution is 7.14. The molecule has 1 atom stereocenters. The number of benzene rings is 1. The molecule has 1 aromatic carbocycles. The minimum atomic E-state index is 0.332. The summed E-state index contributed by atoms with van der Waals surface area (Å²) in [5, 5.41) is 5.67. The second-order valence-corrected chi connectivity index (χ2v) is 5.95. The third-order valence-electron chi connectivity index (χ3n) is 3.19. The van der Waals surface area contributed by atoms with E-state index in [9.17, 15) is 0 Å². The zero-order valence-corrected chi connectivity index (χ0v) is 12.3. The van der Waals surface area contributed by atoms with Crippen LogP contribution >= 0.6 is 22.9 Å². The van der Waals surface area contributed by atoms with E-state index in [1.807, 2.05) is 6.07 Å². The molecule has 3 heteroatoms. The Hall–Kier alpha value is -0.830. The van der Waals surface area contributed by atoms with E-state index < -0.39 is 0 Å². The lowest BCUT2D eigenvalue weighted by atomic mass is 10.0. The van der Waals surface area contributed by atoms with Gasteiger partial charge in [-0.05, 0) is 41.5 Å². The summed E-state index contributed by atoms with van der Waals surface area (Å²) >= 11 is 7.55. The molecule has 1 unspecified atom stereocenters. The molecule has 1 aromatic heterocycles. The predicted molar refractivity (Wildman–Crippen MR) is 80.4 cm³/mol. The molecule has 1 N–H and O–H groups in total. The second-order valence-electron chi connectivity index (χ2n) is 4.41. The molecule has 0 radical (unpaired) electrons. The summed E-state index contributed by atoms with van der Waals surface area (Å²) in [4.78, 5) is 0. The Morgan fingerprint density at radius 3 is 2.61 bits per heavy atom. The molecule has 0 saturated heterocycles. The van der Waals surface area contributed by atoms with Crippen molar-refractivity contribution in [2.45, 2.75) is 32.9 Å². The lowest BCUT2D eigenvalue weighted by molar-refractivity contribution is 0.574. The van der Waals surface area contributed by atoms with Gasteiger partial charge in [-0.3, -0.25) is 0 Å². The number of hydrogen-bond acceptors (Lipinski definition) is 2. The van der Waals surface area contributed by atoms with E-state index >= 15 is 0 Å². The van der Waals surface area contributed by atoms with Crippen LogP contribution in [-0.2, 0) is 13.0 Å². The van der Waals surface area contributed by atoms with Crippen LogP contribution in [0.1, 0.15) is 36.6 Å². The average Bonchev–Trinajstić information content (AvgIpc) is 2.83. The highest BCUT2D eigenvalue weighted by atomic mass is 35.5. The van der Waals surface area contributed by atoms with Crippen molar-refractivity contribution >= 4 is 22.9 Å². The van der Waals surface area contributed by atoms with Gasteiger partial charge in [0, 0.05) is 12.6 Å². The van der Waals surface area contributed by atoms with Crippen LogP contribution in [-0.4, -0.2) is 0 Å². The van der Waals surface area contributed by atoms with Gasteiger partial charge in [-0.25, -0.2) is 0 Å². The SMILES string of the molecule is CCc1ccccc1CNC(C)c1csc(Cl)c1. The van der Waals surface area contributed by atoms with Gasteiger partial charge in [-0.1, -0.05) is 42.8 Å². The Balaban J connectivity index is 1.99. The van der Waals surface area contributed by atoms with E-state index in [2.05, 4.69) is 48.8 Å². The molecule has 0 bridgehead atoms. The first-order chi connectivity index (χ1) is 8.70. The van der Waals surface area contributed by atoms with E-state index in [0.29, 0.717) is 6.04 Å². The number of nitrogens with one attached hydrogen (secondary N) is 1. The molecule has 2 aromatic rings. The van der Waals surface area contributed by atoms with Gasteiger partial charge in [0.25, 0.3) is 0 Å². The Kier molecular flexibility index (Phi) is 4.81. The highest BCUT2D eigenvalue weighted by Gasteiger charge is 2.08. The smallest absolute Gasteiger partial charge is 0.0931 e. The Morgan fingerprint density at radius 2 is 2.00 bits per heavy atom. The predicted octanol–water partition coefficient (Wildman–Crippen LogP) is 4.81. The third-order valence-corrected chi connectivity index (χ3v) is 4.30. The first-order valence-corrected chi connectivity index (χ1v) is 7.50. The summed E-state index contributed by atoms with van der Waals surface area (Å²) < 4.78 is 0.854. The molecule has 2 rings (SSSR count). The lowest BCUT2D eigenvalue weighted by Crippen LogP contribution is -2.18. The molecular weight excluding hydrogens is 262 g/mol. The molecular formula is C15H18ClNS. The molecule has 0 amide bonds. The third kappa shape index (κ3) is 3.35. The number of thiophene rings is 1. The molecule has 1 heterocycles. The van der Waals surface area contributed by atoms with Gasteiger partial charge in [-0.2, -0.15) is 0 Å². The Bertz CT molecular complexity index is 507. The van der Waals surface area contributed by atoms with Crippen molar-refractivity contribution in [3.05, 3.63) is 56.7 Å². The van der Waals surface area contributed by atoms with Gasteiger partial charge in [0.15, 0.2) is 0 Å². The first kappa shape index (κ1) is 13.6. The Labute approximate surface area is 118 Å². The quantitative estimate of drug-likeness (QED) is 0.828. The Morgan fingerprint density at radius 1 is 1.28 bits per heavy atom. The van der Waals surface area contributed by atoms with Crippen molar-refractivity contribution in [2.75, 3.05) is 0 Å². The van der Waals surface area contributed by atoms with E-state index in [4.69, 9.17) is 11.6 Å². The van der Waals surface area contributed by atoms with E-state index in [1.165, 1.54) is 16.7 Å². The largest absolute Gasteiger partial charge is 0.306 e. The monoisotopic (exact) mass is 279 g/mol. The van der Waals surface area contributed by atoms with Crippen molar-refractivity contribution in [1.29, 1.82) is 0 Å². The number of rotatable bonds is 5. The summed E-state index contributed by atoms with van der Waals surface area (Å²) in [5.41, 5.74) is 4.06. The van der Waals surface area contributed by atoms with Crippen molar-refractivity contribution < 1.29 is 0 Å². The van der Waals surface area contributed by atoms with E-state index in [1.54, 1.807) is 11.3 Å². The first-order valence-electron chi connectivity index (χ1n) is 6.24. The fraction of sp³-hybridized carbons (Fsp3) is 0.333. The van der Waals surface area contributed by atoms with Crippen LogP contribution < -0.4 is 5.32 Å². The molecule has 1 nitrogen and oxygen atoms in total. The van der Waals surface area contributed by atoms with Crippen molar-refractivity contribution in [2.24, 2.45) is 0 Å². The van der Waals surface area contributed by atoms with E-state index in [0.717, 1.165) is 17.3 Å². The number of hydrogen-bond donors (Lipinski definition) is 1. The number of aryl methyl sites for hydroxylation is 1. The summed E-state index contributed by atoms with van der Waals surface area (Å²) in [5.74, 6) is 0. The van der Waals surface area contributed by atoms with Crippen LogP contribution in [0.3, 0.4) is 0 Å². The summed E-state index contributed by atoms with van der Waals surface area (Å²) in [7, 11) is 0. The maximum atomic E-state index is 5.96. The molecule has 0 aliphatic rings. The van der Waals surface area contributed by atoms with Gasteiger partial charge in [0.2, 0.25) is 0 Å². The summed E-state index contributed by atoms with van der Waals surface area (Å²) in [6.45, 7) is 5.27. The van der Waals surface area contributed by atoms with Crippen molar-refractivity contribution in [3.8, 4) is 0 Å². The number of halogens is 1. The molecule has 0 spiro atoms. The van der Waals surface area contributed by atoms with Crippen molar-refractivity contribution in [1.82, 2.24) is 5.32 Å². The molecule has 0 aliphatic heterocycles. The van der Waals surface area contributed by atoms with Gasteiger partial charge >= 0.3 is 0 Å². The zero-order valence-electron chi connectivity index (χ0n) is 10.7. The lowest BCUT2D eigenvalue weighted by Gasteiger charge is -2.14. The highest BCUT2D eigenvalue weighted by Crippen LogP contribution is 2.25. The molecule has 0 aliphatic carbocycles. The minimum Gasteiger partial charge on any atom is -0.306 e. The minimum absolute atomic E-state index is 0.332. The zero-order chi connectivity index (χ0) is 13.0. The van der Waals surface area contributed by atoms with Gasteiger partial charge in [0.05, 0.1) is 4.34 Å².